The lowest BCUT2D eigenvalue weighted by Gasteiger charge is -2.22. The minimum absolute atomic E-state index is 0.0453. The smallest absolute Gasteiger partial charge is 0.237 e. The molecule has 18 heavy (non-hydrogen) atoms. The first-order valence-corrected chi connectivity index (χ1v) is 7.06. The van der Waals surface area contributed by atoms with Gasteiger partial charge in [-0.3, -0.25) is 9.59 Å². The van der Waals surface area contributed by atoms with E-state index in [2.05, 4.69) is 10.6 Å². The highest BCUT2D eigenvalue weighted by Crippen LogP contribution is 2.09. The van der Waals surface area contributed by atoms with Crippen molar-refractivity contribution < 1.29 is 9.59 Å². The number of carbonyl (C=O) groups is 2. The van der Waals surface area contributed by atoms with Crippen LogP contribution < -0.4 is 10.6 Å². The molecule has 5 heteroatoms. The van der Waals surface area contributed by atoms with Crippen molar-refractivity contribution >= 4 is 11.8 Å². The standard InChI is InChI=1S/C13H23N3O2/c17-12(16-9-3-4-10-16)6-8-15-13(18)11-5-1-2-7-14-11/h11,14H,1-10H2,(H,15,18). The molecule has 1 atom stereocenters. The molecule has 2 heterocycles. The maximum Gasteiger partial charge on any atom is 0.237 e. The second kappa shape index (κ2) is 6.73. The highest BCUT2D eigenvalue weighted by atomic mass is 16.2. The summed E-state index contributed by atoms with van der Waals surface area (Å²) in [5.74, 6) is 0.216. The highest BCUT2D eigenvalue weighted by molar-refractivity contribution is 5.83. The van der Waals surface area contributed by atoms with Crippen LogP contribution in [0.2, 0.25) is 0 Å². The fraction of sp³-hybridized carbons (Fsp3) is 0.846. The molecule has 0 radical (unpaired) electrons. The fourth-order valence-corrected chi connectivity index (χ4v) is 2.62. The quantitative estimate of drug-likeness (QED) is 0.755. The maximum absolute atomic E-state index is 11.8. The summed E-state index contributed by atoms with van der Waals surface area (Å²) in [5.41, 5.74) is 0. The molecule has 2 aliphatic heterocycles. The van der Waals surface area contributed by atoms with Crippen molar-refractivity contribution in [1.82, 2.24) is 15.5 Å². The molecule has 1 unspecified atom stereocenters. The van der Waals surface area contributed by atoms with Crippen molar-refractivity contribution in [3.05, 3.63) is 0 Å². The summed E-state index contributed by atoms with van der Waals surface area (Å²) in [5, 5.41) is 6.06. The third-order valence-electron chi connectivity index (χ3n) is 3.72. The van der Waals surface area contributed by atoms with Crippen molar-refractivity contribution in [3.8, 4) is 0 Å². The average Bonchev–Trinajstić information content (AvgIpc) is 2.93. The van der Waals surface area contributed by atoms with Gasteiger partial charge in [-0.05, 0) is 32.2 Å². The summed E-state index contributed by atoms with van der Waals surface area (Å²) < 4.78 is 0. The van der Waals surface area contributed by atoms with E-state index < -0.39 is 0 Å². The Morgan fingerprint density at radius 3 is 2.61 bits per heavy atom. The van der Waals surface area contributed by atoms with Gasteiger partial charge in [0.15, 0.2) is 0 Å². The molecule has 2 rings (SSSR count). The highest BCUT2D eigenvalue weighted by Gasteiger charge is 2.21. The van der Waals surface area contributed by atoms with E-state index in [-0.39, 0.29) is 17.9 Å². The molecule has 102 valence electrons. The van der Waals surface area contributed by atoms with Gasteiger partial charge in [0, 0.05) is 26.1 Å². The number of amides is 2. The molecule has 0 bridgehead atoms. The molecule has 0 saturated carbocycles. The fourth-order valence-electron chi connectivity index (χ4n) is 2.62. The van der Waals surface area contributed by atoms with Crippen LogP contribution >= 0.6 is 0 Å². The van der Waals surface area contributed by atoms with Gasteiger partial charge in [0.1, 0.15) is 0 Å². The van der Waals surface area contributed by atoms with Gasteiger partial charge in [-0.15, -0.1) is 0 Å². The zero-order chi connectivity index (χ0) is 12.8. The van der Waals surface area contributed by atoms with Gasteiger partial charge in [0.05, 0.1) is 6.04 Å². The zero-order valence-electron chi connectivity index (χ0n) is 10.9. The van der Waals surface area contributed by atoms with Gasteiger partial charge in [-0.25, -0.2) is 0 Å². The summed E-state index contributed by atoms with van der Waals surface area (Å²) in [4.78, 5) is 25.5. The third kappa shape index (κ3) is 3.70. The van der Waals surface area contributed by atoms with Gasteiger partial charge < -0.3 is 15.5 Å². The molecule has 2 saturated heterocycles. The van der Waals surface area contributed by atoms with Crippen LogP contribution in [0.25, 0.3) is 0 Å². The molecule has 0 aromatic heterocycles. The molecular formula is C13H23N3O2. The van der Waals surface area contributed by atoms with E-state index in [1.165, 1.54) is 0 Å². The number of rotatable bonds is 4. The van der Waals surface area contributed by atoms with E-state index >= 15 is 0 Å². The van der Waals surface area contributed by atoms with Gasteiger partial charge >= 0.3 is 0 Å². The van der Waals surface area contributed by atoms with E-state index in [0.717, 1.165) is 51.7 Å². The van der Waals surface area contributed by atoms with Crippen molar-refractivity contribution in [2.24, 2.45) is 0 Å². The van der Waals surface area contributed by atoms with Crippen LogP contribution in [0.1, 0.15) is 38.5 Å². The molecule has 2 N–H and O–H groups in total. The Labute approximate surface area is 108 Å². The lowest BCUT2D eigenvalue weighted by Crippen LogP contribution is -2.47. The van der Waals surface area contributed by atoms with Crippen molar-refractivity contribution in [2.45, 2.75) is 44.6 Å². The van der Waals surface area contributed by atoms with Crippen molar-refractivity contribution in [2.75, 3.05) is 26.2 Å². The SMILES string of the molecule is O=C(NCCC(=O)N1CCCC1)C1CCCCN1. The van der Waals surface area contributed by atoms with Crippen LogP contribution in [-0.4, -0.2) is 48.9 Å². The Kier molecular flexibility index (Phi) is 4.99. The number of hydrogen-bond donors (Lipinski definition) is 2. The molecule has 2 fully saturated rings. The predicted octanol–water partition coefficient (Wildman–Crippen LogP) is 0.257. The third-order valence-corrected chi connectivity index (χ3v) is 3.72. The lowest BCUT2D eigenvalue weighted by molar-refractivity contribution is -0.130. The molecule has 2 amide bonds. The first-order chi connectivity index (χ1) is 8.77. The van der Waals surface area contributed by atoms with Gasteiger partial charge in [-0.1, -0.05) is 6.42 Å². The molecule has 2 aliphatic rings. The largest absolute Gasteiger partial charge is 0.354 e. The second-order valence-electron chi connectivity index (χ2n) is 5.13. The summed E-state index contributed by atoms with van der Waals surface area (Å²) >= 11 is 0. The Morgan fingerprint density at radius 1 is 1.17 bits per heavy atom. The Balaban J connectivity index is 1.62. The number of carbonyl (C=O) groups excluding carboxylic acids is 2. The van der Waals surface area contributed by atoms with Gasteiger partial charge in [0.25, 0.3) is 0 Å². The van der Waals surface area contributed by atoms with E-state index in [9.17, 15) is 9.59 Å². The second-order valence-corrected chi connectivity index (χ2v) is 5.13. The molecular weight excluding hydrogens is 230 g/mol. The van der Waals surface area contributed by atoms with Crippen molar-refractivity contribution in [3.63, 3.8) is 0 Å². The maximum atomic E-state index is 11.8. The molecule has 0 spiro atoms. The molecule has 0 aromatic carbocycles. The Morgan fingerprint density at radius 2 is 1.94 bits per heavy atom. The number of hydrogen-bond acceptors (Lipinski definition) is 3. The van der Waals surface area contributed by atoms with Crippen LogP contribution in [0.4, 0.5) is 0 Å². The van der Waals surface area contributed by atoms with Gasteiger partial charge in [-0.2, -0.15) is 0 Å². The monoisotopic (exact) mass is 253 g/mol. The topological polar surface area (TPSA) is 61.4 Å². The first kappa shape index (κ1) is 13.3. The van der Waals surface area contributed by atoms with Crippen LogP contribution in [0.5, 0.6) is 0 Å². The van der Waals surface area contributed by atoms with Crippen molar-refractivity contribution in [1.29, 1.82) is 0 Å². The summed E-state index contributed by atoms with van der Waals surface area (Å²) in [6, 6.07) is -0.0550. The average molecular weight is 253 g/mol. The van der Waals surface area contributed by atoms with E-state index in [0.29, 0.717) is 13.0 Å². The van der Waals surface area contributed by atoms with E-state index in [4.69, 9.17) is 0 Å². The number of nitrogens with one attached hydrogen (secondary N) is 2. The normalized spacial score (nSPS) is 24.0. The van der Waals surface area contributed by atoms with Crippen LogP contribution in [0, 0.1) is 0 Å². The molecule has 0 aromatic rings. The number of piperidine rings is 1. The number of likely N-dealkylation sites (tertiary alicyclic amines) is 1. The zero-order valence-corrected chi connectivity index (χ0v) is 10.9. The Hall–Kier alpha value is -1.10. The molecule has 5 nitrogen and oxygen atoms in total. The summed E-state index contributed by atoms with van der Waals surface area (Å²) in [6.45, 7) is 3.16. The predicted molar refractivity (Wildman–Crippen MR) is 69.1 cm³/mol. The van der Waals surface area contributed by atoms with E-state index in [1.807, 2.05) is 4.90 Å². The summed E-state index contributed by atoms with van der Waals surface area (Å²) in [7, 11) is 0. The van der Waals surface area contributed by atoms with Crippen LogP contribution in [0.3, 0.4) is 0 Å². The minimum atomic E-state index is -0.0550. The summed E-state index contributed by atoms with van der Waals surface area (Å²) in [6.07, 6.45) is 5.83. The van der Waals surface area contributed by atoms with Crippen LogP contribution in [0.15, 0.2) is 0 Å². The molecule has 0 aliphatic carbocycles. The minimum Gasteiger partial charge on any atom is -0.354 e. The van der Waals surface area contributed by atoms with Crippen LogP contribution in [-0.2, 0) is 9.59 Å². The first-order valence-electron chi connectivity index (χ1n) is 7.06. The Bertz CT molecular complexity index is 295. The van der Waals surface area contributed by atoms with E-state index in [1.54, 1.807) is 0 Å². The van der Waals surface area contributed by atoms with Gasteiger partial charge in [0.2, 0.25) is 11.8 Å². The lowest BCUT2D eigenvalue weighted by atomic mass is 10.0. The number of nitrogens with zero attached hydrogens (tertiary/aromatic N) is 1.